The first-order valence-corrected chi connectivity index (χ1v) is 5.19. The van der Waals surface area contributed by atoms with Gasteiger partial charge >= 0.3 is 0 Å². The number of hydrogen-bond donors (Lipinski definition) is 0. The Hall–Kier alpha value is 0.200. The van der Waals surface area contributed by atoms with Crippen molar-refractivity contribution in [3.05, 3.63) is 0 Å². The fraction of sp³-hybridized carbons (Fsp3) is 0.857. The molecule has 0 unspecified atom stereocenters. The van der Waals surface area contributed by atoms with Crippen LogP contribution in [-0.2, 0) is 4.74 Å². The topological polar surface area (TPSA) is 21.6 Å². The molecule has 0 radical (unpaired) electrons. The van der Waals surface area contributed by atoms with Gasteiger partial charge in [0.2, 0.25) is 0 Å². The molecule has 0 amide bonds. The summed E-state index contributed by atoms with van der Waals surface area (Å²) in [5, 5.41) is 0. The van der Waals surface area contributed by atoms with E-state index in [1.807, 2.05) is 0 Å². The van der Waals surface area contributed by atoms with Gasteiger partial charge in [0.25, 0.3) is 0 Å². The largest absolute Gasteiger partial charge is 0.475 e. The molecule has 0 aromatic heterocycles. The summed E-state index contributed by atoms with van der Waals surface area (Å²) in [6.45, 7) is 0.898. The Balaban J connectivity index is 1.89. The Morgan fingerprint density at radius 3 is 2.90 bits per heavy atom. The average Bonchev–Trinajstić information content (AvgIpc) is 2.70. The first kappa shape index (κ1) is 6.88. The van der Waals surface area contributed by atoms with E-state index in [0.29, 0.717) is 12.0 Å². The van der Waals surface area contributed by atoms with Crippen molar-refractivity contribution in [3.63, 3.8) is 0 Å². The van der Waals surface area contributed by atoms with Crippen LogP contribution in [0.3, 0.4) is 0 Å². The van der Waals surface area contributed by atoms with E-state index in [0.717, 1.165) is 16.9 Å². The third-order valence-electron chi connectivity index (χ3n) is 1.84. The zero-order valence-corrected chi connectivity index (χ0v) is 7.87. The predicted octanol–water partition coefficient (Wildman–Crippen LogP) is 1.63. The summed E-state index contributed by atoms with van der Waals surface area (Å²) in [5.74, 6) is 1.75. The number of alkyl halides is 1. The Labute approximate surface area is 74.2 Å². The van der Waals surface area contributed by atoms with Gasteiger partial charge in [-0.05, 0) is 12.8 Å². The molecule has 0 spiro atoms. The van der Waals surface area contributed by atoms with Gasteiger partial charge in [0.1, 0.15) is 6.10 Å². The smallest absolute Gasteiger partial charge is 0.186 e. The van der Waals surface area contributed by atoms with Crippen LogP contribution < -0.4 is 0 Å². The van der Waals surface area contributed by atoms with E-state index >= 15 is 0 Å². The van der Waals surface area contributed by atoms with Gasteiger partial charge in [0, 0.05) is 10.3 Å². The van der Waals surface area contributed by atoms with E-state index in [4.69, 9.17) is 4.74 Å². The predicted molar refractivity (Wildman–Crippen MR) is 48.8 cm³/mol. The summed E-state index contributed by atoms with van der Waals surface area (Å²) in [5.41, 5.74) is 0. The maximum absolute atomic E-state index is 5.58. The molecule has 10 heavy (non-hydrogen) atoms. The fourth-order valence-corrected chi connectivity index (χ4v) is 1.53. The molecule has 1 saturated carbocycles. The quantitative estimate of drug-likeness (QED) is 0.540. The van der Waals surface area contributed by atoms with Crippen LogP contribution in [0.2, 0.25) is 0 Å². The molecule has 3 heteroatoms. The second-order valence-electron chi connectivity index (χ2n) is 2.85. The first-order chi connectivity index (χ1) is 4.90. The molecule has 0 N–H and O–H groups in total. The molecule has 1 aliphatic carbocycles. The van der Waals surface area contributed by atoms with Crippen LogP contribution in [0.1, 0.15) is 12.8 Å². The normalized spacial score (nSPS) is 31.7. The minimum Gasteiger partial charge on any atom is -0.475 e. The summed E-state index contributed by atoms with van der Waals surface area (Å²) in [6, 6.07) is 0. The summed E-state index contributed by atoms with van der Waals surface area (Å²) in [4.78, 5) is 4.34. The number of ether oxygens (including phenoxy) is 1. The molecule has 0 aromatic carbocycles. The van der Waals surface area contributed by atoms with Crippen molar-refractivity contribution < 1.29 is 4.74 Å². The van der Waals surface area contributed by atoms with Gasteiger partial charge in [-0.1, -0.05) is 22.6 Å². The van der Waals surface area contributed by atoms with Gasteiger partial charge in [-0.2, -0.15) is 0 Å². The van der Waals surface area contributed by atoms with Crippen LogP contribution in [0.15, 0.2) is 4.99 Å². The first-order valence-electron chi connectivity index (χ1n) is 3.67. The highest BCUT2D eigenvalue weighted by Gasteiger charge is 2.33. The molecule has 2 nitrogen and oxygen atoms in total. The standard InChI is InChI=1S/C7H10INO/c8-3-6-4-9-7(10-6)5-1-2-5/h5-6H,1-4H2/t6-/m0/s1. The van der Waals surface area contributed by atoms with Crippen molar-refractivity contribution in [3.8, 4) is 0 Å². The summed E-state index contributed by atoms with van der Waals surface area (Å²) in [6.07, 6.45) is 2.98. The molecule has 1 heterocycles. The number of hydrogen-bond acceptors (Lipinski definition) is 2. The van der Waals surface area contributed by atoms with Gasteiger partial charge in [-0.15, -0.1) is 0 Å². The van der Waals surface area contributed by atoms with Gasteiger partial charge < -0.3 is 4.74 Å². The van der Waals surface area contributed by atoms with Crippen molar-refractivity contribution in [2.24, 2.45) is 10.9 Å². The van der Waals surface area contributed by atoms with E-state index < -0.39 is 0 Å². The lowest BCUT2D eigenvalue weighted by molar-refractivity contribution is 0.245. The van der Waals surface area contributed by atoms with Crippen molar-refractivity contribution in [1.82, 2.24) is 0 Å². The van der Waals surface area contributed by atoms with Gasteiger partial charge in [0.05, 0.1) is 6.54 Å². The molecule has 0 saturated heterocycles. The van der Waals surface area contributed by atoms with Crippen molar-refractivity contribution >= 4 is 28.5 Å². The monoisotopic (exact) mass is 251 g/mol. The van der Waals surface area contributed by atoms with Crippen molar-refractivity contribution in [2.75, 3.05) is 11.0 Å². The third-order valence-corrected chi connectivity index (χ3v) is 2.82. The molecule has 2 aliphatic rings. The molecule has 2 rings (SSSR count). The third kappa shape index (κ3) is 1.28. The second kappa shape index (κ2) is 2.68. The Kier molecular flexibility index (Phi) is 1.84. The van der Waals surface area contributed by atoms with Crippen LogP contribution >= 0.6 is 22.6 Å². The van der Waals surface area contributed by atoms with Crippen molar-refractivity contribution in [1.29, 1.82) is 0 Å². The molecule has 56 valence electrons. The van der Waals surface area contributed by atoms with Crippen LogP contribution in [0.5, 0.6) is 0 Å². The van der Waals surface area contributed by atoms with Crippen molar-refractivity contribution in [2.45, 2.75) is 18.9 Å². The molecule has 0 aromatic rings. The maximum Gasteiger partial charge on any atom is 0.186 e. The number of nitrogens with zero attached hydrogens (tertiary/aromatic N) is 1. The van der Waals surface area contributed by atoms with E-state index in [2.05, 4.69) is 27.6 Å². The highest BCUT2D eigenvalue weighted by molar-refractivity contribution is 14.1. The lowest BCUT2D eigenvalue weighted by Crippen LogP contribution is -2.14. The minimum absolute atomic E-state index is 0.385. The van der Waals surface area contributed by atoms with Crippen LogP contribution in [-0.4, -0.2) is 23.0 Å². The van der Waals surface area contributed by atoms with Gasteiger partial charge in [-0.3, -0.25) is 4.99 Å². The molecule has 1 atom stereocenters. The van der Waals surface area contributed by atoms with Gasteiger partial charge in [-0.25, -0.2) is 0 Å². The molecule has 0 bridgehead atoms. The number of rotatable bonds is 2. The summed E-state index contributed by atoms with van der Waals surface area (Å²) in [7, 11) is 0. The Bertz CT molecular complexity index is 165. The van der Waals surface area contributed by atoms with Crippen LogP contribution in [0.25, 0.3) is 0 Å². The van der Waals surface area contributed by atoms with E-state index in [1.165, 1.54) is 12.8 Å². The van der Waals surface area contributed by atoms with Crippen LogP contribution in [0.4, 0.5) is 0 Å². The second-order valence-corrected chi connectivity index (χ2v) is 3.73. The fourth-order valence-electron chi connectivity index (χ4n) is 1.07. The van der Waals surface area contributed by atoms with E-state index in [1.54, 1.807) is 0 Å². The Morgan fingerprint density at radius 2 is 2.40 bits per heavy atom. The summed E-state index contributed by atoms with van der Waals surface area (Å²) >= 11 is 2.34. The lowest BCUT2D eigenvalue weighted by Gasteiger charge is -2.05. The van der Waals surface area contributed by atoms with Gasteiger partial charge in [0.15, 0.2) is 5.90 Å². The zero-order chi connectivity index (χ0) is 6.97. The van der Waals surface area contributed by atoms with E-state index in [9.17, 15) is 0 Å². The number of aliphatic imine (C=N–C) groups is 1. The zero-order valence-electron chi connectivity index (χ0n) is 5.72. The highest BCUT2D eigenvalue weighted by Crippen LogP contribution is 2.33. The Morgan fingerprint density at radius 1 is 1.60 bits per heavy atom. The SMILES string of the molecule is IC[C@H]1CN=C(C2CC2)O1. The lowest BCUT2D eigenvalue weighted by atomic mass is 10.4. The molecular weight excluding hydrogens is 241 g/mol. The minimum atomic E-state index is 0.385. The highest BCUT2D eigenvalue weighted by atomic mass is 127. The number of halogens is 1. The molecule has 1 fully saturated rings. The molecule has 1 aliphatic heterocycles. The summed E-state index contributed by atoms with van der Waals surface area (Å²) < 4.78 is 6.64. The average molecular weight is 251 g/mol. The van der Waals surface area contributed by atoms with Crippen LogP contribution in [0, 0.1) is 5.92 Å². The molecular formula is C7H10INO. The van der Waals surface area contributed by atoms with E-state index in [-0.39, 0.29) is 0 Å². The maximum atomic E-state index is 5.58.